The molecule has 1 N–H and O–H groups in total. The third-order valence-corrected chi connectivity index (χ3v) is 4.47. The maximum absolute atomic E-state index is 12.1. The largest absolute Gasteiger partial charge is 0.401 e. The minimum Gasteiger partial charge on any atom is -0.306 e. The van der Waals surface area contributed by atoms with Crippen molar-refractivity contribution in [1.82, 2.24) is 5.32 Å². The van der Waals surface area contributed by atoms with Gasteiger partial charge in [0.05, 0.1) is 6.54 Å². The SMILES string of the molecule is CC(Cc1cc2c(s1)CCCC2)NCC(F)(F)F. The smallest absolute Gasteiger partial charge is 0.306 e. The van der Waals surface area contributed by atoms with E-state index < -0.39 is 12.7 Å². The molecular formula is C13H18F3NS. The Balaban J connectivity index is 1.87. The van der Waals surface area contributed by atoms with Crippen LogP contribution >= 0.6 is 11.3 Å². The molecule has 0 radical (unpaired) electrons. The molecule has 1 aliphatic carbocycles. The average molecular weight is 277 g/mol. The summed E-state index contributed by atoms with van der Waals surface area (Å²) >= 11 is 1.78. The third-order valence-electron chi connectivity index (χ3n) is 3.21. The summed E-state index contributed by atoms with van der Waals surface area (Å²) in [5, 5.41) is 2.53. The lowest BCUT2D eigenvalue weighted by Gasteiger charge is -2.14. The minimum atomic E-state index is -4.12. The number of alkyl halides is 3. The molecule has 0 aromatic carbocycles. The highest BCUT2D eigenvalue weighted by atomic mass is 32.1. The van der Waals surface area contributed by atoms with E-state index in [-0.39, 0.29) is 6.04 Å². The maximum atomic E-state index is 12.1. The Morgan fingerprint density at radius 2 is 2.06 bits per heavy atom. The van der Waals surface area contributed by atoms with Crippen LogP contribution in [0.2, 0.25) is 0 Å². The molecule has 1 nitrogen and oxygen atoms in total. The van der Waals surface area contributed by atoms with Gasteiger partial charge >= 0.3 is 6.18 Å². The van der Waals surface area contributed by atoms with Crippen molar-refractivity contribution in [3.8, 4) is 0 Å². The van der Waals surface area contributed by atoms with Gasteiger partial charge < -0.3 is 5.32 Å². The molecule has 18 heavy (non-hydrogen) atoms. The molecule has 1 aromatic heterocycles. The van der Waals surface area contributed by atoms with Crippen LogP contribution < -0.4 is 5.32 Å². The van der Waals surface area contributed by atoms with E-state index in [1.165, 1.54) is 28.2 Å². The van der Waals surface area contributed by atoms with Crippen LogP contribution in [0, 0.1) is 0 Å². The Labute approximate surface area is 109 Å². The Morgan fingerprint density at radius 3 is 2.72 bits per heavy atom. The topological polar surface area (TPSA) is 12.0 Å². The molecule has 0 saturated heterocycles. The lowest BCUT2D eigenvalue weighted by Crippen LogP contribution is -2.36. The van der Waals surface area contributed by atoms with Gasteiger partial charge in [-0.25, -0.2) is 0 Å². The molecule has 0 amide bonds. The summed E-state index contributed by atoms with van der Waals surface area (Å²) in [6, 6.07) is 2.05. The molecule has 1 unspecified atom stereocenters. The Hall–Kier alpha value is -0.550. The van der Waals surface area contributed by atoms with Crippen molar-refractivity contribution in [1.29, 1.82) is 0 Å². The molecule has 0 bridgehead atoms. The molecule has 0 fully saturated rings. The minimum absolute atomic E-state index is 0.133. The van der Waals surface area contributed by atoms with Gasteiger partial charge in [-0.3, -0.25) is 0 Å². The second-order valence-corrected chi connectivity index (χ2v) is 6.19. The molecule has 1 heterocycles. The van der Waals surface area contributed by atoms with E-state index in [9.17, 15) is 13.2 Å². The highest BCUT2D eigenvalue weighted by molar-refractivity contribution is 7.12. The second kappa shape index (κ2) is 5.61. The number of aryl methyl sites for hydroxylation is 2. The number of hydrogen-bond acceptors (Lipinski definition) is 2. The molecule has 5 heteroatoms. The van der Waals surface area contributed by atoms with Gasteiger partial charge in [0.2, 0.25) is 0 Å². The summed E-state index contributed by atoms with van der Waals surface area (Å²) in [6.07, 6.45) is 1.33. The summed E-state index contributed by atoms with van der Waals surface area (Å²) < 4.78 is 36.2. The highest BCUT2D eigenvalue weighted by Crippen LogP contribution is 2.30. The van der Waals surface area contributed by atoms with Crippen LogP contribution in [0.15, 0.2) is 6.07 Å². The average Bonchev–Trinajstić information content (AvgIpc) is 2.67. The van der Waals surface area contributed by atoms with Gasteiger partial charge in [0, 0.05) is 15.8 Å². The van der Waals surface area contributed by atoms with E-state index in [1.807, 2.05) is 6.92 Å². The summed E-state index contributed by atoms with van der Waals surface area (Å²) in [6.45, 7) is 0.906. The lowest BCUT2D eigenvalue weighted by molar-refractivity contribution is -0.126. The number of nitrogens with one attached hydrogen (secondary N) is 1. The number of rotatable bonds is 4. The van der Waals surface area contributed by atoms with Crippen LogP contribution in [0.3, 0.4) is 0 Å². The van der Waals surface area contributed by atoms with E-state index >= 15 is 0 Å². The standard InChI is InChI=1S/C13H18F3NS/c1-9(17-8-13(14,15)16)6-11-7-10-4-2-3-5-12(10)18-11/h7,9,17H,2-6,8H2,1H3. The first-order chi connectivity index (χ1) is 8.44. The fourth-order valence-electron chi connectivity index (χ4n) is 2.32. The molecule has 0 aliphatic heterocycles. The predicted octanol–water partition coefficient (Wildman–Crippen LogP) is 3.71. The molecule has 102 valence electrons. The maximum Gasteiger partial charge on any atom is 0.401 e. The van der Waals surface area contributed by atoms with Crippen LogP contribution in [0.5, 0.6) is 0 Å². The highest BCUT2D eigenvalue weighted by Gasteiger charge is 2.27. The first kappa shape index (κ1) is 13.9. The molecule has 1 aliphatic rings. The summed E-state index contributed by atoms with van der Waals surface area (Å²) in [7, 11) is 0. The molecule has 2 rings (SSSR count). The Morgan fingerprint density at radius 1 is 1.33 bits per heavy atom. The summed E-state index contributed by atoms with van der Waals surface area (Å²) in [5.41, 5.74) is 1.42. The summed E-state index contributed by atoms with van der Waals surface area (Å²) in [4.78, 5) is 2.66. The number of fused-ring (bicyclic) bond motifs is 1. The normalized spacial score (nSPS) is 17.6. The van der Waals surface area contributed by atoms with Gasteiger partial charge in [-0.1, -0.05) is 0 Å². The van der Waals surface area contributed by atoms with Crippen molar-refractivity contribution < 1.29 is 13.2 Å². The van der Waals surface area contributed by atoms with Gasteiger partial charge in [-0.15, -0.1) is 11.3 Å². The Kier molecular flexibility index (Phi) is 4.33. The van der Waals surface area contributed by atoms with Crippen LogP contribution in [0.1, 0.15) is 35.1 Å². The van der Waals surface area contributed by atoms with Crippen LogP contribution in [-0.4, -0.2) is 18.8 Å². The first-order valence-electron chi connectivity index (χ1n) is 6.34. The lowest BCUT2D eigenvalue weighted by atomic mass is 9.99. The van der Waals surface area contributed by atoms with Crippen molar-refractivity contribution in [2.45, 2.75) is 51.2 Å². The monoisotopic (exact) mass is 277 g/mol. The van der Waals surface area contributed by atoms with Gasteiger partial charge in [0.1, 0.15) is 0 Å². The molecule has 0 saturated carbocycles. The number of thiophene rings is 1. The van der Waals surface area contributed by atoms with Gasteiger partial charge in [0.25, 0.3) is 0 Å². The van der Waals surface area contributed by atoms with Gasteiger partial charge in [0.15, 0.2) is 0 Å². The predicted molar refractivity (Wildman–Crippen MR) is 68.2 cm³/mol. The first-order valence-corrected chi connectivity index (χ1v) is 7.16. The molecule has 1 atom stereocenters. The van der Waals surface area contributed by atoms with Crippen molar-refractivity contribution in [3.05, 3.63) is 21.4 Å². The summed E-state index contributed by atoms with van der Waals surface area (Å²) in [5.74, 6) is 0. The van der Waals surface area contributed by atoms with Gasteiger partial charge in [-0.2, -0.15) is 13.2 Å². The van der Waals surface area contributed by atoms with Crippen LogP contribution in [0.25, 0.3) is 0 Å². The number of halogens is 3. The van der Waals surface area contributed by atoms with E-state index in [0.717, 1.165) is 12.8 Å². The second-order valence-electron chi connectivity index (χ2n) is 4.97. The zero-order chi connectivity index (χ0) is 13.2. The van der Waals surface area contributed by atoms with Crippen molar-refractivity contribution in [2.75, 3.05) is 6.54 Å². The fraction of sp³-hybridized carbons (Fsp3) is 0.692. The zero-order valence-corrected chi connectivity index (χ0v) is 11.3. The van der Waals surface area contributed by atoms with Crippen LogP contribution in [0.4, 0.5) is 13.2 Å². The van der Waals surface area contributed by atoms with Crippen molar-refractivity contribution in [2.24, 2.45) is 0 Å². The quantitative estimate of drug-likeness (QED) is 0.884. The van der Waals surface area contributed by atoms with Gasteiger partial charge in [-0.05, 0) is 50.7 Å². The molecule has 0 spiro atoms. The molecular weight excluding hydrogens is 259 g/mol. The zero-order valence-electron chi connectivity index (χ0n) is 10.4. The van der Waals surface area contributed by atoms with Crippen LogP contribution in [-0.2, 0) is 19.3 Å². The van der Waals surface area contributed by atoms with Crippen molar-refractivity contribution >= 4 is 11.3 Å². The van der Waals surface area contributed by atoms with E-state index in [1.54, 1.807) is 11.3 Å². The fourth-order valence-corrected chi connectivity index (χ4v) is 3.71. The van der Waals surface area contributed by atoms with E-state index in [2.05, 4.69) is 11.4 Å². The van der Waals surface area contributed by atoms with Crippen molar-refractivity contribution in [3.63, 3.8) is 0 Å². The van der Waals surface area contributed by atoms with E-state index in [0.29, 0.717) is 6.42 Å². The number of hydrogen-bond donors (Lipinski definition) is 1. The Bertz CT molecular complexity index is 374. The molecule has 1 aromatic rings. The van der Waals surface area contributed by atoms with E-state index in [4.69, 9.17) is 0 Å². The third kappa shape index (κ3) is 3.99.